The van der Waals surface area contributed by atoms with Crippen molar-refractivity contribution in [3.63, 3.8) is 0 Å². The molecule has 3 N–H and O–H groups in total. The molecule has 136 valence electrons. The number of imidazole rings is 1. The summed E-state index contributed by atoms with van der Waals surface area (Å²) in [5.74, 6) is 1.64. The van der Waals surface area contributed by atoms with E-state index in [1.54, 1.807) is 18.5 Å². The molecule has 0 amide bonds. The van der Waals surface area contributed by atoms with Gasteiger partial charge in [-0.3, -0.25) is 0 Å². The summed E-state index contributed by atoms with van der Waals surface area (Å²) >= 11 is 0. The van der Waals surface area contributed by atoms with Crippen LogP contribution in [0.2, 0.25) is 0 Å². The fraction of sp³-hybridized carbons (Fsp3) is 0.381. The van der Waals surface area contributed by atoms with Crippen molar-refractivity contribution in [3.8, 4) is 22.6 Å². The van der Waals surface area contributed by atoms with Gasteiger partial charge in [0.25, 0.3) is 0 Å². The summed E-state index contributed by atoms with van der Waals surface area (Å²) in [7, 11) is 0. The fourth-order valence-electron chi connectivity index (χ4n) is 3.90. The van der Waals surface area contributed by atoms with E-state index in [2.05, 4.69) is 18.0 Å². The molecule has 1 aliphatic rings. The van der Waals surface area contributed by atoms with Crippen molar-refractivity contribution >= 4 is 5.52 Å². The normalized spacial score (nSPS) is 23.2. The number of hydrogen-bond acceptors (Lipinski definition) is 4. The Morgan fingerprint density at radius 1 is 1.23 bits per heavy atom. The zero-order valence-electron chi connectivity index (χ0n) is 15.0. The molecule has 2 heterocycles. The third-order valence-electron chi connectivity index (χ3n) is 5.46. The molecule has 4 rings (SSSR count). The number of ether oxygens (including phenoxy) is 1. The molecule has 0 spiro atoms. The molecule has 0 saturated heterocycles. The molecule has 26 heavy (non-hydrogen) atoms. The van der Waals surface area contributed by atoms with Gasteiger partial charge in [-0.05, 0) is 55.4 Å². The molecule has 1 aromatic carbocycles. The standard InChI is InChI=1S/C21H25N3O2/c1-2-14-3-6-17(22)10-20(14)26-21-9-16(12-24-13-23-11-19(21)24)15-4-7-18(25)8-5-15/h4-5,7-9,11-14,17,20,25H,2-3,6,10,22H2,1H3/t14-,17?,20?/m1/s1. The number of fused-ring (bicyclic) bond motifs is 1. The second kappa shape index (κ2) is 7.00. The molecule has 1 fully saturated rings. The number of pyridine rings is 1. The van der Waals surface area contributed by atoms with Crippen LogP contribution in [0, 0.1) is 5.92 Å². The lowest BCUT2D eigenvalue weighted by atomic mass is 9.82. The van der Waals surface area contributed by atoms with Crippen LogP contribution in [0.4, 0.5) is 0 Å². The lowest BCUT2D eigenvalue weighted by molar-refractivity contribution is 0.0826. The van der Waals surface area contributed by atoms with Crippen LogP contribution in [-0.2, 0) is 0 Å². The first-order valence-electron chi connectivity index (χ1n) is 9.31. The summed E-state index contributed by atoms with van der Waals surface area (Å²) in [6.07, 6.45) is 9.98. The Hall–Kier alpha value is -2.53. The van der Waals surface area contributed by atoms with E-state index in [9.17, 15) is 5.11 Å². The number of phenols is 1. The van der Waals surface area contributed by atoms with Gasteiger partial charge in [0.05, 0.1) is 12.5 Å². The zero-order chi connectivity index (χ0) is 18.1. The van der Waals surface area contributed by atoms with Crippen molar-refractivity contribution in [1.29, 1.82) is 0 Å². The van der Waals surface area contributed by atoms with Gasteiger partial charge in [0, 0.05) is 17.8 Å². The van der Waals surface area contributed by atoms with Gasteiger partial charge in [-0.15, -0.1) is 0 Å². The van der Waals surface area contributed by atoms with Crippen molar-refractivity contribution in [3.05, 3.63) is 49.1 Å². The van der Waals surface area contributed by atoms with Crippen LogP contribution in [0.25, 0.3) is 16.6 Å². The van der Waals surface area contributed by atoms with Gasteiger partial charge < -0.3 is 20.0 Å². The van der Waals surface area contributed by atoms with Crippen LogP contribution in [-0.4, -0.2) is 26.6 Å². The number of rotatable bonds is 4. The Kier molecular flexibility index (Phi) is 4.55. The Labute approximate surface area is 153 Å². The number of nitrogens with two attached hydrogens (primary N) is 1. The first-order valence-corrected chi connectivity index (χ1v) is 9.31. The molecule has 5 nitrogen and oxygen atoms in total. The second-order valence-electron chi connectivity index (χ2n) is 7.22. The second-order valence-corrected chi connectivity index (χ2v) is 7.22. The number of aromatic nitrogens is 2. The molecule has 3 aromatic rings. The van der Waals surface area contributed by atoms with Crippen LogP contribution < -0.4 is 10.5 Å². The predicted octanol–water partition coefficient (Wildman–Crippen LogP) is 3.99. The van der Waals surface area contributed by atoms with E-state index in [-0.39, 0.29) is 17.9 Å². The van der Waals surface area contributed by atoms with Crippen molar-refractivity contribution in [2.75, 3.05) is 0 Å². The summed E-state index contributed by atoms with van der Waals surface area (Å²) in [6, 6.07) is 9.48. The SMILES string of the molecule is CC[C@@H]1CCC(N)CC1Oc1cc(-c2ccc(O)cc2)cn2cncc12. The van der Waals surface area contributed by atoms with Gasteiger partial charge in [0.1, 0.15) is 23.1 Å². The van der Waals surface area contributed by atoms with Gasteiger partial charge in [-0.1, -0.05) is 19.1 Å². The molecule has 1 saturated carbocycles. The highest BCUT2D eigenvalue weighted by molar-refractivity contribution is 5.71. The summed E-state index contributed by atoms with van der Waals surface area (Å²) in [4.78, 5) is 4.28. The van der Waals surface area contributed by atoms with Crippen molar-refractivity contribution < 1.29 is 9.84 Å². The molecular weight excluding hydrogens is 326 g/mol. The Balaban J connectivity index is 1.71. The lowest BCUT2D eigenvalue weighted by Crippen LogP contribution is -2.39. The van der Waals surface area contributed by atoms with Crippen molar-refractivity contribution in [2.24, 2.45) is 11.7 Å². The smallest absolute Gasteiger partial charge is 0.146 e. The van der Waals surface area contributed by atoms with Gasteiger partial charge in [-0.25, -0.2) is 4.98 Å². The first kappa shape index (κ1) is 16.9. The van der Waals surface area contributed by atoms with E-state index in [1.165, 1.54) is 0 Å². The Morgan fingerprint density at radius 2 is 2.04 bits per heavy atom. The highest BCUT2D eigenvalue weighted by atomic mass is 16.5. The maximum Gasteiger partial charge on any atom is 0.146 e. The monoisotopic (exact) mass is 351 g/mol. The first-order chi connectivity index (χ1) is 12.6. The summed E-state index contributed by atoms with van der Waals surface area (Å²) in [5.41, 5.74) is 9.21. The average Bonchev–Trinajstić information content (AvgIpc) is 3.11. The lowest BCUT2D eigenvalue weighted by Gasteiger charge is -2.34. The maximum atomic E-state index is 9.54. The molecule has 0 bridgehead atoms. The number of hydrogen-bond donors (Lipinski definition) is 2. The van der Waals surface area contributed by atoms with Crippen molar-refractivity contribution in [2.45, 2.75) is 44.8 Å². The maximum absolute atomic E-state index is 9.54. The Bertz CT molecular complexity index is 888. The summed E-state index contributed by atoms with van der Waals surface area (Å²) in [6.45, 7) is 2.22. The van der Waals surface area contributed by atoms with Crippen LogP contribution in [0.5, 0.6) is 11.5 Å². The predicted molar refractivity (Wildman–Crippen MR) is 102 cm³/mol. The summed E-state index contributed by atoms with van der Waals surface area (Å²) < 4.78 is 8.48. The van der Waals surface area contributed by atoms with Gasteiger partial charge in [0.2, 0.25) is 0 Å². The van der Waals surface area contributed by atoms with E-state index < -0.39 is 0 Å². The molecule has 0 aliphatic heterocycles. The zero-order valence-corrected chi connectivity index (χ0v) is 15.0. The number of aromatic hydroxyl groups is 1. The van der Waals surface area contributed by atoms with Gasteiger partial charge >= 0.3 is 0 Å². The number of benzene rings is 1. The highest BCUT2D eigenvalue weighted by Gasteiger charge is 2.30. The third kappa shape index (κ3) is 3.27. The van der Waals surface area contributed by atoms with Crippen LogP contribution in [0.1, 0.15) is 32.6 Å². The summed E-state index contributed by atoms with van der Waals surface area (Å²) in [5, 5.41) is 9.54. The van der Waals surface area contributed by atoms with Crippen LogP contribution in [0.3, 0.4) is 0 Å². The van der Waals surface area contributed by atoms with Crippen LogP contribution in [0.15, 0.2) is 49.1 Å². The number of phenolic OH excluding ortho intramolecular Hbond substituents is 1. The molecular formula is C21H25N3O2. The average molecular weight is 351 g/mol. The topological polar surface area (TPSA) is 72.8 Å². The molecule has 2 unspecified atom stereocenters. The van der Waals surface area contributed by atoms with E-state index in [0.29, 0.717) is 5.92 Å². The number of nitrogens with zero attached hydrogens (tertiary/aromatic N) is 2. The third-order valence-corrected chi connectivity index (χ3v) is 5.46. The van der Waals surface area contributed by atoms with E-state index in [4.69, 9.17) is 10.5 Å². The Morgan fingerprint density at radius 3 is 2.81 bits per heavy atom. The van der Waals surface area contributed by atoms with Gasteiger partial charge in [-0.2, -0.15) is 0 Å². The minimum atomic E-state index is 0.137. The van der Waals surface area contributed by atoms with Crippen LogP contribution >= 0.6 is 0 Å². The van der Waals surface area contributed by atoms with E-state index in [0.717, 1.165) is 48.1 Å². The minimum Gasteiger partial charge on any atom is -0.508 e. The molecule has 1 aliphatic carbocycles. The highest BCUT2D eigenvalue weighted by Crippen LogP contribution is 2.34. The van der Waals surface area contributed by atoms with Crippen molar-refractivity contribution in [1.82, 2.24) is 9.38 Å². The van der Waals surface area contributed by atoms with Gasteiger partial charge in [0.15, 0.2) is 0 Å². The molecule has 2 aromatic heterocycles. The largest absolute Gasteiger partial charge is 0.508 e. The van der Waals surface area contributed by atoms with E-state index >= 15 is 0 Å². The molecule has 3 atom stereocenters. The van der Waals surface area contributed by atoms with E-state index in [1.807, 2.05) is 28.9 Å². The molecule has 5 heteroatoms. The molecule has 0 radical (unpaired) electrons. The quantitative estimate of drug-likeness (QED) is 0.745. The minimum absolute atomic E-state index is 0.137. The fourth-order valence-corrected chi connectivity index (χ4v) is 3.90.